The summed E-state index contributed by atoms with van der Waals surface area (Å²) in [5.41, 5.74) is 1.23. The average Bonchev–Trinajstić information content (AvgIpc) is 2.91. The van der Waals surface area contributed by atoms with Gasteiger partial charge in [0.25, 0.3) is 11.8 Å². The standard InChI is InChI=1S/C19H14N2O3/c1-20-16-15-14(18(22)21-19(15)23)12-9-5-6-10-13(12)17(16)24-11-7-3-2-4-8-11/h2-10,20H,1H3,(H,21,22,23). The molecule has 3 aromatic rings. The zero-order chi connectivity index (χ0) is 16.7. The lowest BCUT2D eigenvalue weighted by Gasteiger charge is -2.17. The van der Waals surface area contributed by atoms with Gasteiger partial charge in [0.2, 0.25) is 0 Å². The Labute approximate surface area is 138 Å². The number of amides is 2. The summed E-state index contributed by atoms with van der Waals surface area (Å²) in [6.07, 6.45) is 0. The number of ether oxygens (including phenoxy) is 1. The molecule has 0 atom stereocenters. The highest BCUT2D eigenvalue weighted by atomic mass is 16.5. The number of hydrogen-bond acceptors (Lipinski definition) is 4. The first-order valence-corrected chi connectivity index (χ1v) is 7.55. The van der Waals surface area contributed by atoms with Crippen LogP contribution in [0.25, 0.3) is 10.8 Å². The highest BCUT2D eigenvalue weighted by Gasteiger charge is 2.34. The Hall–Kier alpha value is -3.34. The molecule has 5 heteroatoms. The van der Waals surface area contributed by atoms with Gasteiger partial charge in [0.15, 0.2) is 5.75 Å². The molecule has 0 radical (unpaired) electrons. The summed E-state index contributed by atoms with van der Waals surface area (Å²) >= 11 is 0. The van der Waals surface area contributed by atoms with Crippen LogP contribution < -0.4 is 15.4 Å². The number of carbonyl (C=O) groups excluding carboxylic acids is 2. The minimum Gasteiger partial charge on any atom is -0.455 e. The van der Waals surface area contributed by atoms with Gasteiger partial charge in [0.1, 0.15) is 5.75 Å². The van der Waals surface area contributed by atoms with Crippen LogP contribution in [0, 0.1) is 0 Å². The molecule has 0 saturated heterocycles. The Morgan fingerprint density at radius 2 is 1.46 bits per heavy atom. The van der Waals surface area contributed by atoms with Gasteiger partial charge in [-0.25, -0.2) is 0 Å². The van der Waals surface area contributed by atoms with Crippen molar-refractivity contribution < 1.29 is 14.3 Å². The summed E-state index contributed by atoms with van der Waals surface area (Å²) in [5.74, 6) is 0.392. The van der Waals surface area contributed by atoms with Crippen molar-refractivity contribution in [2.75, 3.05) is 12.4 Å². The van der Waals surface area contributed by atoms with Gasteiger partial charge in [-0.05, 0) is 17.5 Å². The molecule has 0 unspecified atom stereocenters. The summed E-state index contributed by atoms with van der Waals surface area (Å²) in [6.45, 7) is 0. The molecule has 1 aliphatic rings. The minimum absolute atomic E-state index is 0.326. The van der Waals surface area contributed by atoms with Crippen LogP contribution in [-0.4, -0.2) is 18.9 Å². The van der Waals surface area contributed by atoms with Crippen molar-refractivity contribution in [3.63, 3.8) is 0 Å². The van der Waals surface area contributed by atoms with Crippen molar-refractivity contribution >= 4 is 28.3 Å². The number of para-hydroxylation sites is 1. The summed E-state index contributed by atoms with van der Waals surface area (Å²) in [4.78, 5) is 24.5. The van der Waals surface area contributed by atoms with Crippen molar-refractivity contribution in [1.82, 2.24) is 5.32 Å². The number of hydrogen-bond donors (Lipinski definition) is 2. The van der Waals surface area contributed by atoms with Gasteiger partial charge in [-0.1, -0.05) is 42.5 Å². The molecule has 0 spiro atoms. The molecule has 2 N–H and O–H groups in total. The van der Waals surface area contributed by atoms with E-state index in [2.05, 4.69) is 10.6 Å². The van der Waals surface area contributed by atoms with Crippen molar-refractivity contribution in [2.45, 2.75) is 0 Å². The van der Waals surface area contributed by atoms with E-state index in [1.165, 1.54) is 0 Å². The van der Waals surface area contributed by atoms with Gasteiger partial charge < -0.3 is 10.1 Å². The summed E-state index contributed by atoms with van der Waals surface area (Å²) in [7, 11) is 1.71. The molecular weight excluding hydrogens is 304 g/mol. The smallest absolute Gasteiger partial charge is 0.261 e. The van der Waals surface area contributed by atoms with Crippen molar-refractivity contribution in [3.05, 3.63) is 65.7 Å². The number of nitrogens with one attached hydrogen (secondary N) is 2. The van der Waals surface area contributed by atoms with Crippen LogP contribution in [0.1, 0.15) is 20.7 Å². The van der Waals surface area contributed by atoms with Gasteiger partial charge in [-0.2, -0.15) is 0 Å². The van der Waals surface area contributed by atoms with E-state index in [0.717, 1.165) is 5.39 Å². The van der Waals surface area contributed by atoms with E-state index < -0.39 is 5.91 Å². The summed E-state index contributed by atoms with van der Waals surface area (Å²) in [6, 6.07) is 16.7. The fraction of sp³-hybridized carbons (Fsp3) is 0.0526. The van der Waals surface area contributed by atoms with Gasteiger partial charge in [0.05, 0.1) is 16.8 Å². The van der Waals surface area contributed by atoms with E-state index >= 15 is 0 Å². The molecule has 1 aliphatic heterocycles. The largest absolute Gasteiger partial charge is 0.455 e. The number of fused-ring (bicyclic) bond motifs is 3. The summed E-state index contributed by atoms with van der Waals surface area (Å²) in [5, 5.41) is 6.86. The highest BCUT2D eigenvalue weighted by Crippen LogP contribution is 2.43. The van der Waals surface area contributed by atoms with Crippen LogP contribution in [-0.2, 0) is 0 Å². The first-order chi connectivity index (χ1) is 11.7. The summed E-state index contributed by atoms with van der Waals surface area (Å²) < 4.78 is 6.07. The van der Waals surface area contributed by atoms with Crippen LogP contribution in [0.5, 0.6) is 11.5 Å². The van der Waals surface area contributed by atoms with Crippen molar-refractivity contribution in [2.24, 2.45) is 0 Å². The molecule has 24 heavy (non-hydrogen) atoms. The van der Waals surface area contributed by atoms with Crippen molar-refractivity contribution in [1.29, 1.82) is 0 Å². The Bertz CT molecular complexity index is 981. The second-order valence-corrected chi connectivity index (χ2v) is 5.45. The van der Waals surface area contributed by atoms with E-state index in [0.29, 0.717) is 33.7 Å². The van der Waals surface area contributed by atoms with E-state index in [1.54, 1.807) is 7.05 Å². The zero-order valence-corrected chi connectivity index (χ0v) is 12.9. The third-order valence-corrected chi connectivity index (χ3v) is 4.06. The Morgan fingerprint density at radius 3 is 2.17 bits per heavy atom. The molecule has 0 fully saturated rings. The van der Waals surface area contributed by atoms with E-state index in [-0.39, 0.29) is 5.91 Å². The van der Waals surface area contributed by atoms with Crippen LogP contribution >= 0.6 is 0 Å². The maximum atomic E-state index is 12.3. The predicted molar refractivity (Wildman–Crippen MR) is 91.8 cm³/mol. The maximum absolute atomic E-state index is 12.3. The van der Waals surface area contributed by atoms with E-state index in [4.69, 9.17) is 4.74 Å². The lowest BCUT2D eigenvalue weighted by molar-refractivity contribution is 0.0880. The number of carbonyl (C=O) groups is 2. The normalized spacial score (nSPS) is 12.9. The number of anilines is 1. The van der Waals surface area contributed by atoms with Crippen LogP contribution in [0.3, 0.4) is 0 Å². The van der Waals surface area contributed by atoms with Gasteiger partial charge in [0, 0.05) is 12.4 Å². The van der Waals surface area contributed by atoms with Crippen LogP contribution in [0.2, 0.25) is 0 Å². The van der Waals surface area contributed by atoms with E-state index in [9.17, 15) is 9.59 Å². The SMILES string of the molecule is CNc1c2c(c3ccccc3c1Oc1ccccc1)C(=O)NC2=O. The van der Waals surface area contributed by atoms with Gasteiger partial charge in [-0.3, -0.25) is 14.9 Å². The Kier molecular flexibility index (Phi) is 3.20. The molecule has 0 aliphatic carbocycles. The number of benzene rings is 3. The Balaban J connectivity index is 2.06. The highest BCUT2D eigenvalue weighted by molar-refractivity contribution is 6.30. The predicted octanol–water partition coefficient (Wildman–Crippen LogP) is 3.56. The fourth-order valence-corrected chi connectivity index (χ4v) is 3.05. The minimum atomic E-state index is -0.414. The van der Waals surface area contributed by atoms with Crippen LogP contribution in [0.4, 0.5) is 5.69 Å². The number of imide groups is 1. The molecule has 2 amide bonds. The maximum Gasteiger partial charge on any atom is 0.261 e. The molecular formula is C19H14N2O3. The third kappa shape index (κ3) is 2.02. The Morgan fingerprint density at radius 1 is 0.833 bits per heavy atom. The molecule has 4 rings (SSSR count). The third-order valence-electron chi connectivity index (χ3n) is 4.06. The lowest BCUT2D eigenvalue weighted by atomic mass is 9.97. The average molecular weight is 318 g/mol. The second kappa shape index (κ2) is 5.38. The molecule has 0 aromatic heterocycles. The van der Waals surface area contributed by atoms with Crippen LogP contribution in [0.15, 0.2) is 54.6 Å². The first kappa shape index (κ1) is 14.3. The quantitative estimate of drug-likeness (QED) is 0.725. The zero-order valence-electron chi connectivity index (χ0n) is 12.9. The molecule has 118 valence electrons. The first-order valence-electron chi connectivity index (χ1n) is 7.55. The van der Waals surface area contributed by atoms with Gasteiger partial charge >= 0.3 is 0 Å². The molecule has 3 aromatic carbocycles. The van der Waals surface area contributed by atoms with Gasteiger partial charge in [-0.15, -0.1) is 0 Å². The molecule has 0 bridgehead atoms. The van der Waals surface area contributed by atoms with E-state index in [1.807, 2.05) is 54.6 Å². The molecule has 1 heterocycles. The topological polar surface area (TPSA) is 67.4 Å². The molecule has 0 saturated carbocycles. The number of rotatable bonds is 3. The monoisotopic (exact) mass is 318 g/mol. The second-order valence-electron chi connectivity index (χ2n) is 5.45. The van der Waals surface area contributed by atoms with Crippen molar-refractivity contribution in [3.8, 4) is 11.5 Å². The fourth-order valence-electron chi connectivity index (χ4n) is 3.05. The molecule has 5 nitrogen and oxygen atoms in total. The lowest BCUT2D eigenvalue weighted by Crippen LogP contribution is -2.20.